The number of imidazole rings is 1. The lowest BCUT2D eigenvalue weighted by atomic mass is 10.2. The Morgan fingerprint density at radius 3 is 2.88 bits per heavy atom. The van der Waals surface area contributed by atoms with Crippen LogP contribution in [0.1, 0.15) is 19.7 Å². The summed E-state index contributed by atoms with van der Waals surface area (Å²) in [6.07, 6.45) is 0.896. The Kier molecular flexibility index (Phi) is 2.91. The molecule has 0 spiro atoms. The molecule has 16 heavy (non-hydrogen) atoms. The number of aryl methyl sites for hydroxylation is 1. The van der Waals surface area contributed by atoms with Crippen molar-refractivity contribution >= 4 is 11.0 Å². The third kappa shape index (κ3) is 1.79. The number of rotatable bonds is 3. The summed E-state index contributed by atoms with van der Waals surface area (Å²) in [6.45, 7) is 4.75. The molecule has 1 heterocycles. The van der Waals surface area contributed by atoms with Gasteiger partial charge >= 0.3 is 0 Å². The molecule has 3 nitrogen and oxygen atoms in total. The van der Waals surface area contributed by atoms with Crippen LogP contribution >= 0.6 is 0 Å². The van der Waals surface area contributed by atoms with Crippen LogP contribution < -0.4 is 0 Å². The first-order chi connectivity index (χ1) is 7.76. The number of benzene rings is 1. The van der Waals surface area contributed by atoms with Gasteiger partial charge < -0.3 is 4.57 Å². The topological polar surface area (TPSA) is 41.6 Å². The Bertz CT molecular complexity index is 534. The fraction of sp³-hybridized carbons (Fsp3) is 0.385. The van der Waals surface area contributed by atoms with Gasteiger partial charge in [-0.2, -0.15) is 5.26 Å². The predicted octanol–water partition coefficient (Wildman–Crippen LogP) is 2.76. The summed E-state index contributed by atoms with van der Waals surface area (Å²) in [4.78, 5) is 4.57. The highest BCUT2D eigenvalue weighted by atomic mass is 15.1. The number of hydrogen-bond donors (Lipinski definition) is 0. The Morgan fingerprint density at radius 2 is 2.19 bits per heavy atom. The molecule has 0 saturated heterocycles. The summed E-state index contributed by atoms with van der Waals surface area (Å²) in [6, 6.07) is 10.4. The summed E-state index contributed by atoms with van der Waals surface area (Å²) in [5.41, 5.74) is 2.14. The highest BCUT2D eigenvalue weighted by Gasteiger charge is 2.10. The maximum absolute atomic E-state index is 8.89. The van der Waals surface area contributed by atoms with Crippen LogP contribution in [0.15, 0.2) is 24.3 Å². The van der Waals surface area contributed by atoms with Crippen LogP contribution in [0.3, 0.4) is 0 Å². The quantitative estimate of drug-likeness (QED) is 0.786. The molecule has 0 bridgehead atoms. The van der Waals surface area contributed by atoms with E-state index in [2.05, 4.69) is 28.6 Å². The smallest absolute Gasteiger partial charge is 0.109 e. The van der Waals surface area contributed by atoms with E-state index >= 15 is 0 Å². The van der Waals surface area contributed by atoms with Crippen LogP contribution in [-0.2, 0) is 13.0 Å². The van der Waals surface area contributed by atoms with E-state index in [0.717, 1.165) is 29.8 Å². The Hall–Kier alpha value is -1.82. The monoisotopic (exact) mass is 213 g/mol. The maximum Gasteiger partial charge on any atom is 0.109 e. The summed E-state index contributed by atoms with van der Waals surface area (Å²) in [5, 5.41) is 8.89. The average Bonchev–Trinajstić information content (AvgIpc) is 2.67. The number of nitriles is 1. The Labute approximate surface area is 95.3 Å². The lowest BCUT2D eigenvalue weighted by Crippen LogP contribution is -2.08. The Balaban J connectivity index is 2.52. The minimum atomic E-state index is 0.0166. The van der Waals surface area contributed by atoms with Crippen molar-refractivity contribution in [2.45, 2.75) is 26.8 Å². The standard InChI is InChI=1S/C13H15N3/c1-3-13-15-11-6-4-5-7-12(11)16(13)9-10(2)8-14/h4-7,10H,3,9H2,1-2H3/t10-/m1/s1. The molecule has 0 aliphatic carbocycles. The number of fused-ring (bicyclic) bond motifs is 1. The molecule has 2 rings (SSSR count). The van der Waals surface area contributed by atoms with Crippen LogP contribution in [0.25, 0.3) is 11.0 Å². The fourth-order valence-electron chi connectivity index (χ4n) is 1.91. The molecule has 1 aromatic carbocycles. The summed E-state index contributed by atoms with van der Waals surface area (Å²) >= 11 is 0. The maximum atomic E-state index is 8.89. The first-order valence-electron chi connectivity index (χ1n) is 5.60. The van der Waals surface area contributed by atoms with E-state index in [9.17, 15) is 0 Å². The van der Waals surface area contributed by atoms with Gasteiger partial charge in [-0.3, -0.25) is 0 Å². The van der Waals surface area contributed by atoms with Crippen LogP contribution in [-0.4, -0.2) is 9.55 Å². The summed E-state index contributed by atoms with van der Waals surface area (Å²) < 4.78 is 2.16. The van der Waals surface area contributed by atoms with Gasteiger partial charge in [0.1, 0.15) is 5.82 Å². The van der Waals surface area contributed by atoms with Gasteiger partial charge in [-0.05, 0) is 19.1 Å². The van der Waals surface area contributed by atoms with Crippen molar-refractivity contribution in [1.82, 2.24) is 9.55 Å². The second kappa shape index (κ2) is 4.36. The zero-order chi connectivity index (χ0) is 11.5. The molecule has 1 atom stereocenters. The van der Waals surface area contributed by atoms with Crippen LogP contribution in [0.4, 0.5) is 0 Å². The minimum Gasteiger partial charge on any atom is -0.327 e. The molecule has 82 valence electrons. The first-order valence-corrected chi connectivity index (χ1v) is 5.60. The second-order valence-electron chi connectivity index (χ2n) is 4.01. The van der Waals surface area contributed by atoms with E-state index < -0.39 is 0 Å². The van der Waals surface area contributed by atoms with Gasteiger partial charge in [-0.1, -0.05) is 19.1 Å². The molecule has 0 saturated carbocycles. The minimum absolute atomic E-state index is 0.0166. The van der Waals surface area contributed by atoms with E-state index in [0.29, 0.717) is 0 Å². The number of nitrogens with zero attached hydrogens (tertiary/aromatic N) is 3. The van der Waals surface area contributed by atoms with E-state index in [4.69, 9.17) is 5.26 Å². The number of para-hydroxylation sites is 2. The molecule has 0 N–H and O–H groups in total. The van der Waals surface area contributed by atoms with E-state index in [1.165, 1.54) is 0 Å². The zero-order valence-corrected chi connectivity index (χ0v) is 9.64. The van der Waals surface area contributed by atoms with Crippen molar-refractivity contribution in [2.24, 2.45) is 5.92 Å². The van der Waals surface area contributed by atoms with Gasteiger partial charge in [0.15, 0.2) is 0 Å². The van der Waals surface area contributed by atoms with Crippen molar-refractivity contribution in [3.05, 3.63) is 30.1 Å². The largest absolute Gasteiger partial charge is 0.327 e. The van der Waals surface area contributed by atoms with E-state index in [-0.39, 0.29) is 5.92 Å². The lowest BCUT2D eigenvalue weighted by molar-refractivity contribution is 0.572. The van der Waals surface area contributed by atoms with E-state index in [1.807, 2.05) is 25.1 Å². The molecule has 3 heteroatoms. The van der Waals surface area contributed by atoms with Crippen molar-refractivity contribution in [1.29, 1.82) is 5.26 Å². The van der Waals surface area contributed by atoms with Crippen molar-refractivity contribution in [3.8, 4) is 6.07 Å². The molecule has 2 aromatic rings. The lowest BCUT2D eigenvalue weighted by Gasteiger charge is -2.08. The van der Waals surface area contributed by atoms with Crippen molar-refractivity contribution < 1.29 is 0 Å². The number of hydrogen-bond acceptors (Lipinski definition) is 2. The summed E-state index contributed by atoms with van der Waals surface area (Å²) in [5.74, 6) is 1.08. The first kappa shape index (κ1) is 10.7. The Morgan fingerprint density at radius 1 is 1.44 bits per heavy atom. The van der Waals surface area contributed by atoms with Gasteiger partial charge in [0.2, 0.25) is 0 Å². The van der Waals surface area contributed by atoms with Gasteiger partial charge in [0.25, 0.3) is 0 Å². The van der Waals surface area contributed by atoms with Crippen molar-refractivity contribution in [3.63, 3.8) is 0 Å². The van der Waals surface area contributed by atoms with Crippen LogP contribution in [0, 0.1) is 17.2 Å². The third-order valence-electron chi connectivity index (χ3n) is 2.73. The van der Waals surface area contributed by atoms with Crippen molar-refractivity contribution in [2.75, 3.05) is 0 Å². The van der Waals surface area contributed by atoms with Gasteiger partial charge in [-0.25, -0.2) is 4.98 Å². The van der Waals surface area contributed by atoms with Gasteiger partial charge in [0, 0.05) is 13.0 Å². The SMILES string of the molecule is CCc1nc2ccccc2n1C[C@H](C)C#N. The second-order valence-corrected chi connectivity index (χ2v) is 4.01. The molecule has 1 aromatic heterocycles. The van der Waals surface area contributed by atoms with Gasteiger partial charge in [0.05, 0.1) is 23.0 Å². The zero-order valence-electron chi connectivity index (χ0n) is 9.64. The molecular formula is C13H15N3. The fourth-order valence-corrected chi connectivity index (χ4v) is 1.91. The molecule has 0 amide bonds. The third-order valence-corrected chi connectivity index (χ3v) is 2.73. The molecule has 0 unspecified atom stereocenters. The summed E-state index contributed by atoms with van der Waals surface area (Å²) in [7, 11) is 0. The average molecular weight is 213 g/mol. The highest BCUT2D eigenvalue weighted by molar-refractivity contribution is 5.75. The molecule has 0 radical (unpaired) electrons. The van der Waals surface area contributed by atoms with Crippen LogP contribution in [0.5, 0.6) is 0 Å². The molecule has 0 aliphatic heterocycles. The number of aromatic nitrogens is 2. The predicted molar refractivity (Wildman–Crippen MR) is 63.9 cm³/mol. The molecule has 0 aliphatic rings. The van der Waals surface area contributed by atoms with E-state index in [1.54, 1.807) is 0 Å². The molecule has 0 fully saturated rings. The normalized spacial score (nSPS) is 12.6. The molecular weight excluding hydrogens is 198 g/mol. The van der Waals surface area contributed by atoms with Gasteiger partial charge in [-0.15, -0.1) is 0 Å². The van der Waals surface area contributed by atoms with Crippen LogP contribution in [0.2, 0.25) is 0 Å². The highest BCUT2D eigenvalue weighted by Crippen LogP contribution is 2.17.